The molecule has 8 heteroatoms. The lowest BCUT2D eigenvalue weighted by molar-refractivity contribution is -0.112. The minimum absolute atomic E-state index is 0.150. The monoisotopic (exact) mass is 389 g/mol. The van der Waals surface area contributed by atoms with Crippen molar-refractivity contribution in [2.75, 3.05) is 5.32 Å². The molecule has 0 bridgehead atoms. The molecule has 0 fully saturated rings. The van der Waals surface area contributed by atoms with E-state index < -0.39 is 11.9 Å². The number of anilines is 1. The summed E-state index contributed by atoms with van der Waals surface area (Å²) in [5.74, 6) is -1.64. The average Bonchev–Trinajstić information content (AvgIpc) is 2.63. The molecule has 0 saturated carbocycles. The maximum atomic E-state index is 12.2. The van der Waals surface area contributed by atoms with E-state index in [4.69, 9.17) is 33.6 Å². The summed E-state index contributed by atoms with van der Waals surface area (Å²) >= 11 is 11.9. The van der Waals surface area contributed by atoms with Crippen LogP contribution in [0.5, 0.6) is 0 Å². The Morgan fingerprint density at radius 3 is 2.46 bits per heavy atom. The second-order valence-electron chi connectivity index (χ2n) is 5.11. The zero-order valence-electron chi connectivity index (χ0n) is 13.3. The van der Waals surface area contributed by atoms with Crippen LogP contribution < -0.4 is 10.6 Å². The summed E-state index contributed by atoms with van der Waals surface area (Å²) in [5.41, 5.74) is 1.12. The Kier molecular flexibility index (Phi) is 6.61. The third-order valence-electron chi connectivity index (χ3n) is 3.32. The third kappa shape index (κ3) is 4.99. The Labute approximate surface area is 159 Å². The lowest BCUT2D eigenvalue weighted by Gasteiger charge is -2.08. The number of nitriles is 1. The van der Waals surface area contributed by atoms with Crippen LogP contribution in [0.4, 0.5) is 5.69 Å². The fourth-order valence-electron chi connectivity index (χ4n) is 1.97. The van der Waals surface area contributed by atoms with Crippen LogP contribution in [0.25, 0.3) is 0 Å². The zero-order chi connectivity index (χ0) is 19.1. The Morgan fingerprint density at radius 2 is 1.85 bits per heavy atom. The fourth-order valence-corrected chi connectivity index (χ4v) is 2.32. The molecule has 0 aromatic heterocycles. The van der Waals surface area contributed by atoms with Gasteiger partial charge >= 0.3 is 5.97 Å². The van der Waals surface area contributed by atoms with Gasteiger partial charge in [-0.25, -0.2) is 4.79 Å². The molecule has 0 radical (unpaired) electrons. The van der Waals surface area contributed by atoms with Gasteiger partial charge in [-0.05, 0) is 29.8 Å². The van der Waals surface area contributed by atoms with Crippen molar-refractivity contribution in [3.05, 3.63) is 75.4 Å². The molecule has 0 aliphatic rings. The van der Waals surface area contributed by atoms with Crippen LogP contribution in [0.1, 0.15) is 15.9 Å². The van der Waals surface area contributed by atoms with E-state index in [1.54, 1.807) is 36.4 Å². The van der Waals surface area contributed by atoms with E-state index >= 15 is 0 Å². The van der Waals surface area contributed by atoms with Crippen molar-refractivity contribution in [3.63, 3.8) is 0 Å². The maximum Gasteiger partial charge on any atom is 0.335 e. The van der Waals surface area contributed by atoms with Crippen molar-refractivity contribution in [2.24, 2.45) is 0 Å². The largest absolute Gasteiger partial charge is 0.478 e. The molecule has 0 aliphatic heterocycles. The first-order valence-electron chi connectivity index (χ1n) is 7.33. The van der Waals surface area contributed by atoms with Gasteiger partial charge in [0.1, 0.15) is 11.6 Å². The van der Waals surface area contributed by atoms with Gasteiger partial charge in [0.05, 0.1) is 21.3 Å². The topological polar surface area (TPSA) is 102 Å². The number of halogens is 2. The second kappa shape index (κ2) is 8.90. The highest BCUT2D eigenvalue weighted by atomic mass is 35.5. The SMILES string of the molecule is N#C/C(=C/NCc1ccc(C(=O)O)cc1)C(=O)Nc1cccc(Cl)c1Cl. The van der Waals surface area contributed by atoms with Gasteiger partial charge in [0, 0.05) is 12.7 Å². The first-order valence-corrected chi connectivity index (χ1v) is 8.09. The first-order chi connectivity index (χ1) is 12.4. The van der Waals surface area contributed by atoms with Gasteiger partial charge < -0.3 is 15.7 Å². The van der Waals surface area contributed by atoms with E-state index in [1.165, 1.54) is 18.3 Å². The molecule has 0 spiro atoms. The Hall–Kier alpha value is -3.01. The molecule has 2 rings (SSSR count). The predicted octanol–water partition coefficient (Wildman–Crippen LogP) is 3.83. The number of aromatic carboxylic acids is 1. The summed E-state index contributed by atoms with van der Waals surface area (Å²) in [5, 5.41) is 23.8. The van der Waals surface area contributed by atoms with Crippen molar-refractivity contribution in [1.82, 2.24) is 5.32 Å². The smallest absolute Gasteiger partial charge is 0.335 e. The number of hydrogen-bond acceptors (Lipinski definition) is 4. The molecule has 0 aliphatic carbocycles. The number of carbonyl (C=O) groups excluding carboxylic acids is 1. The second-order valence-corrected chi connectivity index (χ2v) is 5.89. The fraction of sp³-hybridized carbons (Fsp3) is 0.0556. The normalized spacial score (nSPS) is 10.7. The number of carboxylic acids is 1. The van der Waals surface area contributed by atoms with Crippen molar-refractivity contribution >= 4 is 40.8 Å². The van der Waals surface area contributed by atoms with Gasteiger partial charge in [-0.1, -0.05) is 41.4 Å². The van der Waals surface area contributed by atoms with Crippen molar-refractivity contribution < 1.29 is 14.7 Å². The molecular formula is C18H13Cl2N3O3. The standard InChI is InChI=1S/C18H13Cl2N3O3/c19-14-2-1-3-15(16(14)20)23-17(24)13(8-21)10-22-9-11-4-6-12(7-5-11)18(25)26/h1-7,10,22H,9H2,(H,23,24)(H,25,26)/b13-10-. The summed E-state index contributed by atoms with van der Waals surface area (Å²) < 4.78 is 0. The lowest BCUT2D eigenvalue weighted by Crippen LogP contribution is -2.17. The molecule has 6 nitrogen and oxygen atoms in total. The minimum Gasteiger partial charge on any atom is -0.478 e. The van der Waals surface area contributed by atoms with Crippen molar-refractivity contribution in [2.45, 2.75) is 6.54 Å². The maximum absolute atomic E-state index is 12.2. The number of carboxylic acid groups (broad SMARTS) is 1. The van der Waals surface area contributed by atoms with E-state index in [-0.39, 0.29) is 21.2 Å². The summed E-state index contributed by atoms with van der Waals surface area (Å²) in [6.45, 7) is 0.316. The number of carbonyl (C=O) groups is 2. The Morgan fingerprint density at radius 1 is 1.15 bits per heavy atom. The van der Waals surface area contributed by atoms with Gasteiger partial charge in [0.2, 0.25) is 0 Å². The number of hydrogen-bond donors (Lipinski definition) is 3. The minimum atomic E-state index is -1.01. The van der Waals surface area contributed by atoms with E-state index in [1.807, 2.05) is 0 Å². The van der Waals surface area contributed by atoms with Crippen LogP contribution in [-0.2, 0) is 11.3 Å². The van der Waals surface area contributed by atoms with Crippen LogP contribution >= 0.6 is 23.2 Å². The highest BCUT2D eigenvalue weighted by molar-refractivity contribution is 6.44. The molecule has 0 atom stereocenters. The molecule has 0 saturated heterocycles. The van der Waals surface area contributed by atoms with Crippen LogP contribution in [0, 0.1) is 11.3 Å². The highest BCUT2D eigenvalue weighted by Crippen LogP contribution is 2.29. The molecule has 2 aromatic carbocycles. The molecular weight excluding hydrogens is 377 g/mol. The summed E-state index contributed by atoms with van der Waals surface area (Å²) in [6.07, 6.45) is 1.28. The van der Waals surface area contributed by atoms with Crippen LogP contribution in [-0.4, -0.2) is 17.0 Å². The lowest BCUT2D eigenvalue weighted by atomic mass is 10.1. The molecule has 1 amide bonds. The molecule has 0 unspecified atom stereocenters. The van der Waals surface area contributed by atoms with E-state index in [0.29, 0.717) is 12.2 Å². The van der Waals surface area contributed by atoms with Gasteiger partial charge in [-0.3, -0.25) is 4.79 Å². The van der Waals surface area contributed by atoms with Gasteiger partial charge in [-0.15, -0.1) is 0 Å². The van der Waals surface area contributed by atoms with Crippen LogP contribution in [0.15, 0.2) is 54.2 Å². The quantitative estimate of drug-likeness (QED) is 0.514. The van der Waals surface area contributed by atoms with Gasteiger partial charge in [0.25, 0.3) is 5.91 Å². The zero-order valence-corrected chi connectivity index (χ0v) is 14.8. The van der Waals surface area contributed by atoms with E-state index in [2.05, 4.69) is 10.6 Å². The highest BCUT2D eigenvalue weighted by Gasteiger charge is 2.12. The van der Waals surface area contributed by atoms with E-state index in [0.717, 1.165) is 5.56 Å². The number of nitrogens with one attached hydrogen (secondary N) is 2. The summed E-state index contributed by atoms with van der Waals surface area (Å²) in [7, 11) is 0. The molecule has 132 valence electrons. The third-order valence-corrected chi connectivity index (χ3v) is 4.14. The van der Waals surface area contributed by atoms with Crippen molar-refractivity contribution in [1.29, 1.82) is 5.26 Å². The van der Waals surface area contributed by atoms with Crippen molar-refractivity contribution in [3.8, 4) is 6.07 Å². The number of rotatable bonds is 6. The Bertz CT molecular complexity index is 903. The summed E-state index contributed by atoms with van der Waals surface area (Å²) in [6, 6.07) is 12.8. The number of nitrogens with zero attached hydrogens (tertiary/aromatic N) is 1. The van der Waals surface area contributed by atoms with E-state index in [9.17, 15) is 9.59 Å². The molecule has 2 aromatic rings. The number of amides is 1. The van der Waals surface area contributed by atoms with Crippen LogP contribution in [0.2, 0.25) is 10.0 Å². The average molecular weight is 390 g/mol. The first kappa shape index (κ1) is 19.3. The predicted molar refractivity (Wildman–Crippen MR) is 99.0 cm³/mol. The van der Waals surface area contributed by atoms with Gasteiger partial charge in [0.15, 0.2) is 0 Å². The van der Waals surface area contributed by atoms with Gasteiger partial charge in [-0.2, -0.15) is 5.26 Å². The number of benzene rings is 2. The summed E-state index contributed by atoms with van der Waals surface area (Å²) in [4.78, 5) is 23.0. The van der Waals surface area contributed by atoms with Crippen LogP contribution in [0.3, 0.4) is 0 Å². The molecule has 3 N–H and O–H groups in total. The molecule has 26 heavy (non-hydrogen) atoms. The molecule has 0 heterocycles. The Balaban J connectivity index is 2.00.